The highest BCUT2D eigenvalue weighted by Crippen LogP contribution is 2.23. The predicted octanol–water partition coefficient (Wildman–Crippen LogP) is 2.91. The Labute approximate surface area is 104 Å². The highest BCUT2D eigenvalue weighted by atomic mass is 19.4. The summed E-state index contributed by atoms with van der Waals surface area (Å²) in [6, 6.07) is 3.08. The van der Waals surface area contributed by atoms with Crippen LogP contribution < -0.4 is 4.90 Å². The molecule has 0 saturated carbocycles. The molecule has 0 bridgehead atoms. The second-order valence-corrected chi connectivity index (χ2v) is 4.16. The number of pyridine rings is 1. The van der Waals surface area contributed by atoms with Gasteiger partial charge in [-0.1, -0.05) is 6.92 Å². The van der Waals surface area contributed by atoms with Crippen LogP contribution in [0.25, 0.3) is 0 Å². The van der Waals surface area contributed by atoms with Crippen molar-refractivity contribution in [2.24, 2.45) is 0 Å². The van der Waals surface area contributed by atoms with Crippen LogP contribution in [0.4, 0.5) is 19.0 Å². The Morgan fingerprint density at radius 2 is 2.11 bits per heavy atom. The van der Waals surface area contributed by atoms with E-state index in [2.05, 4.69) is 4.98 Å². The summed E-state index contributed by atoms with van der Waals surface area (Å²) >= 11 is 0. The normalized spacial score (nSPS) is 13.4. The fourth-order valence-corrected chi connectivity index (χ4v) is 1.63. The Balaban J connectivity index is 2.94. The first-order chi connectivity index (χ1) is 8.33. The Morgan fingerprint density at radius 3 is 2.61 bits per heavy atom. The monoisotopic (exact) mass is 262 g/mol. The van der Waals surface area contributed by atoms with Crippen molar-refractivity contribution in [3.63, 3.8) is 0 Å². The first-order valence-electron chi connectivity index (χ1n) is 5.79. The number of hydrogen-bond donors (Lipinski definition) is 1. The van der Waals surface area contributed by atoms with Gasteiger partial charge in [-0.15, -0.1) is 0 Å². The molecule has 1 aromatic heterocycles. The molecule has 1 heterocycles. The molecule has 0 aliphatic heterocycles. The summed E-state index contributed by atoms with van der Waals surface area (Å²) in [5.41, 5.74) is 0.559. The molecule has 1 aromatic rings. The molecule has 0 radical (unpaired) electrons. The minimum atomic E-state index is -4.27. The van der Waals surface area contributed by atoms with E-state index in [0.717, 1.165) is 0 Å². The summed E-state index contributed by atoms with van der Waals surface area (Å²) in [5.74, 6) is 0.243. The van der Waals surface area contributed by atoms with Crippen LogP contribution in [0.2, 0.25) is 0 Å². The van der Waals surface area contributed by atoms with E-state index in [1.807, 2.05) is 6.92 Å². The van der Waals surface area contributed by atoms with Crippen molar-refractivity contribution in [3.8, 4) is 0 Å². The molecule has 1 N–H and O–H groups in total. The van der Waals surface area contributed by atoms with Gasteiger partial charge in [-0.25, -0.2) is 4.98 Å². The maximum atomic E-state index is 12.5. The number of nitrogens with zero attached hydrogens (tertiary/aromatic N) is 2. The molecule has 6 heteroatoms. The fraction of sp³-hybridized carbons (Fsp3) is 0.583. The van der Waals surface area contributed by atoms with Gasteiger partial charge in [0.25, 0.3) is 0 Å². The molecule has 0 aliphatic carbocycles. The second kappa shape index (κ2) is 6.04. The van der Waals surface area contributed by atoms with Crippen LogP contribution in [-0.2, 0) is 0 Å². The Kier molecular flexibility index (Phi) is 4.95. The third kappa shape index (κ3) is 4.52. The summed E-state index contributed by atoms with van der Waals surface area (Å²) in [5, 5.41) is 9.42. The van der Waals surface area contributed by atoms with E-state index in [9.17, 15) is 18.3 Å². The number of rotatable bonds is 5. The third-order valence-corrected chi connectivity index (χ3v) is 2.44. The number of halogens is 3. The molecule has 18 heavy (non-hydrogen) atoms. The standard InChI is InChI=1S/C12H17F3N2O/c1-3-6-17(8-12(13,14)15)11-7-10(9(2)18)4-5-16-11/h4-5,7,9,18H,3,6,8H2,1-2H3. The van der Waals surface area contributed by atoms with Crippen molar-refractivity contribution >= 4 is 5.82 Å². The van der Waals surface area contributed by atoms with E-state index in [4.69, 9.17) is 0 Å². The minimum absolute atomic E-state index is 0.243. The molecule has 0 aliphatic rings. The van der Waals surface area contributed by atoms with Crippen LogP contribution in [0, 0.1) is 0 Å². The van der Waals surface area contributed by atoms with E-state index in [-0.39, 0.29) is 12.4 Å². The molecular weight excluding hydrogens is 245 g/mol. The molecule has 3 nitrogen and oxygen atoms in total. The maximum absolute atomic E-state index is 12.5. The first-order valence-corrected chi connectivity index (χ1v) is 5.79. The zero-order chi connectivity index (χ0) is 13.8. The first kappa shape index (κ1) is 14.8. The van der Waals surface area contributed by atoms with Crippen molar-refractivity contribution in [2.75, 3.05) is 18.0 Å². The van der Waals surface area contributed by atoms with E-state index < -0.39 is 18.8 Å². The van der Waals surface area contributed by atoms with Crippen molar-refractivity contribution in [3.05, 3.63) is 23.9 Å². The van der Waals surface area contributed by atoms with Crippen LogP contribution in [0.15, 0.2) is 18.3 Å². The number of hydrogen-bond acceptors (Lipinski definition) is 3. The molecular formula is C12H17F3N2O. The summed E-state index contributed by atoms with van der Waals surface area (Å²) in [6.07, 6.45) is -2.98. The number of aliphatic hydroxyl groups is 1. The van der Waals surface area contributed by atoms with Crippen molar-refractivity contribution in [2.45, 2.75) is 32.5 Å². The molecule has 0 aromatic carbocycles. The minimum Gasteiger partial charge on any atom is -0.389 e. The molecule has 1 atom stereocenters. The molecule has 102 valence electrons. The number of alkyl halides is 3. The molecule has 0 fully saturated rings. The average Bonchev–Trinajstić information content (AvgIpc) is 2.27. The van der Waals surface area contributed by atoms with Gasteiger partial charge < -0.3 is 10.0 Å². The Hall–Kier alpha value is -1.30. The smallest absolute Gasteiger partial charge is 0.389 e. The quantitative estimate of drug-likeness (QED) is 0.886. The van der Waals surface area contributed by atoms with E-state index in [1.165, 1.54) is 17.2 Å². The van der Waals surface area contributed by atoms with Gasteiger partial charge in [0.05, 0.1) is 6.10 Å². The summed E-state index contributed by atoms with van der Waals surface area (Å²) < 4.78 is 37.4. The van der Waals surface area contributed by atoms with Crippen LogP contribution in [0.1, 0.15) is 31.9 Å². The maximum Gasteiger partial charge on any atom is 0.405 e. The van der Waals surface area contributed by atoms with Crippen LogP contribution >= 0.6 is 0 Å². The topological polar surface area (TPSA) is 36.4 Å². The van der Waals surface area contributed by atoms with Crippen molar-refractivity contribution in [1.82, 2.24) is 4.98 Å². The fourth-order valence-electron chi connectivity index (χ4n) is 1.63. The lowest BCUT2D eigenvalue weighted by molar-refractivity contribution is -0.119. The molecule has 1 unspecified atom stereocenters. The zero-order valence-electron chi connectivity index (χ0n) is 10.4. The summed E-state index contributed by atoms with van der Waals surface area (Å²) in [6.45, 7) is 2.61. The van der Waals surface area contributed by atoms with E-state index >= 15 is 0 Å². The SMILES string of the molecule is CCCN(CC(F)(F)F)c1cc(C(C)O)ccn1. The van der Waals surface area contributed by atoms with Gasteiger partial charge in [-0.05, 0) is 31.0 Å². The number of aliphatic hydroxyl groups excluding tert-OH is 1. The van der Waals surface area contributed by atoms with Gasteiger partial charge in [0, 0.05) is 12.7 Å². The zero-order valence-corrected chi connectivity index (χ0v) is 10.4. The molecule has 0 amide bonds. The van der Waals surface area contributed by atoms with Crippen LogP contribution in [-0.4, -0.2) is 29.4 Å². The number of aromatic nitrogens is 1. The lowest BCUT2D eigenvalue weighted by Crippen LogP contribution is -2.35. The Morgan fingerprint density at radius 1 is 1.44 bits per heavy atom. The van der Waals surface area contributed by atoms with Gasteiger partial charge in [0.2, 0.25) is 0 Å². The Bertz CT molecular complexity index is 380. The molecule has 1 rings (SSSR count). The molecule has 0 saturated heterocycles. The van der Waals surface area contributed by atoms with Crippen molar-refractivity contribution < 1.29 is 18.3 Å². The second-order valence-electron chi connectivity index (χ2n) is 4.16. The summed E-state index contributed by atoms with van der Waals surface area (Å²) in [7, 11) is 0. The largest absolute Gasteiger partial charge is 0.405 e. The van der Waals surface area contributed by atoms with Gasteiger partial charge >= 0.3 is 6.18 Å². The number of anilines is 1. The molecule has 0 spiro atoms. The average molecular weight is 262 g/mol. The van der Waals surface area contributed by atoms with Gasteiger partial charge in [0.1, 0.15) is 12.4 Å². The lowest BCUT2D eigenvalue weighted by Gasteiger charge is -2.25. The van der Waals surface area contributed by atoms with Crippen LogP contribution in [0.3, 0.4) is 0 Å². The van der Waals surface area contributed by atoms with E-state index in [1.54, 1.807) is 13.0 Å². The third-order valence-electron chi connectivity index (χ3n) is 2.44. The van der Waals surface area contributed by atoms with Gasteiger partial charge in [-0.2, -0.15) is 13.2 Å². The highest BCUT2D eigenvalue weighted by Gasteiger charge is 2.31. The van der Waals surface area contributed by atoms with E-state index in [0.29, 0.717) is 12.0 Å². The van der Waals surface area contributed by atoms with Crippen molar-refractivity contribution in [1.29, 1.82) is 0 Å². The lowest BCUT2D eigenvalue weighted by atomic mass is 10.1. The van der Waals surface area contributed by atoms with Crippen LogP contribution in [0.5, 0.6) is 0 Å². The summed E-state index contributed by atoms with van der Waals surface area (Å²) in [4.78, 5) is 5.11. The highest BCUT2D eigenvalue weighted by molar-refractivity contribution is 5.41. The predicted molar refractivity (Wildman–Crippen MR) is 63.4 cm³/mol. The van der Waals surface area contributed by atoms with Gasteiger partial charge in [-0.3, -0.25) is 0 Å². The van der Waals surface area contributed by atoms with Gasteiger partial charge in [0.15, 0.2) is 0 Å².